The Morgan fingerprint density at radius 2 is 1.75 bits per heavy atom. The highest BCUT2D eigenvalue weighted by Gasteiger charge is 2.28. The Hall–Kier alpha value is -2.87. The molecular weight excluding hydrogens is 448 g/mol. The minimum atomic E-state index is -4.06. The van der Waals surface area contributed by atoms with Crippen LogP contribution in [-0.4, -0.2) is 27.5 Å². The van der Waals surface area contributed by atoms with E-state index in [9.17, 15) is 13.2 Å². The Labute approximate surface area is 193 Å². The third-order valence-corrected chi connectivity index (χ3v) is 6.93. The lowest BCUT2D eigenvalue weighted by Crippen LogP contribution is -2.45. The van der Waals surface area contributed by atoms with Gasteiger partial charge in [-0.3, -0.25) is 4.79 Å². The van der Waals surface area contributed by atoms with Gasteiger partial charge < -0.3 is 10.1 Å². The molecule has 2 N–H and O–H groups in total. The number of ether oxygens (including phenoxy) is 1. The number of hydrogen-bond acceptors (Lipinski definition) is 4. The number of carbonyl (C=O) groups is 1. The van der Waals surface area contributed by atoms with Crippen molar-refractivity contribution in [2.45, 2.75) is 31.2 Å². The van der Waals surface area contributed by atoms with Gasteiger partial charge >= 0.3 is 0 Å². The van der Waals surface area contributed by atoms with Gasteiger partial charge in [0.2, 0.25) is 15.9 Å². The van der Waals surface area contributed by atoms with Crippen molar-refractivity contribution in [3.8, 4) is 5.75 Å². The van der Waals surface area contributed by atoms with Crippen LogP contribution in [0, 0.1) is 13.8 Å². The van der Waals surface area contributed by atoms with Crippen LogP contribution >= 0.6 is 11.6 Å². The molecule has 0 saturated heterocycles. The number of nitrogens with one attached hydrogen (secondary N) is 2. The minimum absolute atomic E-state index is 0.0233. The highest BCUT2D eigenvalue weighted by Crippen LogP contribution is 2.26. The minimum Gasteiger partial charge on any atom is -0.495 e. The molecule has 3 aromatic carbocycles. The fourth-order valence-electron chi connectivity index (χ4n) is 3.25. The number of amides is 1. The van der Waals surface area contributed by atoms with Gasteiger partial charge in [0.1, 0.15) is 16.7 Å². The van der Waals surface area contributed by atoms with Gasteiger partial charge in [0, 0.05) is 10.7 Å². The molecule has 8 heteroatoms. The van der Waals surface area contributed by atoms with E-state index in [2.05, 4.69) is 10.0 Å². The van der Waals surface area contributed by atoms with Crippen LogP contribution in [0.2, 0.25) is 5.02 Å². The highest BCUT2D eigenvalue weighted by molar-refractivity contribution is 7.89. The van der Waals surface area contributed by atoms with Crippen molar-refractivity contribution in [2.24, 2.45) is 0 Å². The highest BCUT2D eigenvalue weighted by atomic mass is 35.5. The normalized spacial score (nSPS) is 12.2. The Balaban J connectivity index is 1.95. The largest absolute Gasteiger partial charge is 0.495 e. The first kappa shape index (κ1) is 23.8. The van der Waals surface area contributed by atoms with E-state index < -0.39 is 22.0 Å². The number of sulfonamides is 1. The van der Waals surface area contributed by atoms with Crippen molar-refractivity contribution in [1.82, 2.24) is 4.72 Å². The second-order valence-corrected chi connectivity index (χ2v) is 9.51. The van der Waals surface area contributed by atoms with Crippen molar-refractivity contribution in [3.05, 3.63) is 88.4 Å². The summed E-state index contributed by atoms with van der Waals surface area (Å²) in [5.41, 5.74) is 2.79. The van der Waals surface area contributed by atoms with Gasteiger partial charge in [0.05, 0.1) is 7.11 Å². The smallest absolute Gasteiger partial charge is 0.245 e. The average Bonchev–Trinajstić information content (AvgIpc) is 2.77. The maximum atomic E-state index is 13.3. The van der Waals surface area contributed by atoms with Crippen LogP contribution in [0.15, 0.2) is 71.6 Å². The van der Waals surface area contributed by atoms with Crippen molar-refractivity contribution in [2.75, 3.05) is 12.4 Å². The fourth-order valence-corrected chi connectivity index (χ4v) is 4.87. The summed E-state index contributed by atoms with van der Waals surface area (Å²) in [5, 5.41) is 3.31. The molecule has 0 aliphatic heterocycles. The van der Waals surface area contributed by atoms with Crippen LogP contribution in [0.5, 0.6) is 5.75 Å². The van der Waals surface area contributed by atoms with Crippen LogP contribution in [0.3, 0.4) is 0 Å². The first-order valence-electron chi connectivity index (χ1n) is 9.98. The predicted molar refractivity (Wildman–Crippen MR) is 127 cm³/mol. The van der Waals surface area contributed by atoms with Crippen LogP contribution < -0.4 is 14.8 Å². The van der Waals surface area contributed by atoms with E-state index in [0.29, 0.717) is 16.3 Å². The number of benzene rings is 3. The summed E-state index contributed by atoms with van der Waals surface area (Å²) in [5.74, 6) is -0.290. The molecule has 1 atom stereocenters. The summed E-state index contributed by atoms with van der Waals surface area (Å²) >= 11 is 6.16. The van der Waals surface area contributed by atoms with Crippen molar-refractivity contribution < 1.29 is 17.9 Å². The van der Waals surface area contributed by atoms with E-state index in [1.807, 2.05) is 30.3 Å². The van der Waals surface area contributed by atoms with Gasteiger partial charge in [-0.1, -0.05) is 54.1 Å². The molecule has 6 nitrogen and oxygen atoms in total. The average molecular weight is 473 g/mol. The molecule has 0 fully saturated rings. The Kier molecular flexibility index (Phi) is 7.56. The summed E-state index contributed by atoms with van der Waals surface area (Å²) in [6.07, 6.45) is 0.166. The molecule has 0 unspecified atom stereocenters. The maximum Gasteiger partial charge on any atom is 0.245 e. The Morgan fingerprint density at radius 1 is 1.03 bits per heavy atom. The number of halogens is 1. The second kappa shape index (κ2) is 10.2. The van der Waals surface area contributed by atoms with E-state index >= 15 is 0 Å². The van der Waals surface area contributed by atoms with Gasteiger partial charge in [-0.05, 0) is 61.2 Å². The number of aryl methyl sites for hydroxylation is 1. The van der Waals surface area contributed by atoms with Crippen molar-refractivity contribution >= 4 is 33.2 Å². The molecule has 0 bridgehead atoms. The second-order valence-electron chi connectivity index (χ2n) is 7.42. The lowest BCUT2D eigenvalue weighted by molar-refractivity contribution is -0.117. The van der Waals surface area contributed by atoms with E-state index in [1.54, 1.807) is 44.2 Å². The summed E-state index contributed by atoms with van der Waals surface area (Å²) in [6, 6.07) is 18.2. The van der Waals surface area contributed by atoms with Crippen molar-refractivity contribution in [1.29, 1.82) is 0 Å². The Bertz CT molecular complexity index is 1210. The van der Waals surface area contributed by atoms with Crippen molar-refractivity contribution in [3.63, 3.8) is 0 Å². The zero-order chi connectivity index (χ0) is 23.3. The van der Waals surface area contributed by atoms with Crippen LogP contribution in [0.1, 0.15) is 16.7 Å². The summed E-state index contributed by atoms with van der Waals surface area (Å²) < 4.78 is 34.3. The van der Waals surface area contributed by atoms with Crippen LogP contribution in [0.25, 0.3) is 0 Å². The Morgan fingerprint density at radius 3 is 2.44 bits per heavy atom. The van der Waals surface area contributed by atoms with E-state index in [1.165, 1.54) is 13.2 Å². The standard InChI is InChI=1S/C24H25ClN2O4S/c1-16-12-13-22(31-3)23(14-16)32(29,30)27-21(15-18-8-5-4-6-9-18)24(28)26-20-11-7-10-19(25)17(20)2/h4-14,21,27H,15H2,1-3H3,(H,26,28)/t21-/m0/s1. The number of methoxy groups -OCH3 is 1. The molecule has 0 aliphatic rings. The van der Waals surface area contributed by atoms with E-state index in [0.717, 1.165) is 11.1 Å². The lowest BCUT2D eigenvalue weighted by Gasteiger charge is -2.20. The summed E-state index contributed by atoms with van der Waals surface area (Å²) in [7, 11) is -2.66. The van der Waals surface area contributed by atoms with Gasteiger partial charge in [-0.25, -0.2) is 8.42 Å². The third kappa shape index (κ3) is 5.68. The third-order valence-electron chi connectivity index (χ3n) is 5.03. The van der Waals surface area contributed by atoms with Gasteiger partial charge in [-0.2, -0.15) is 4.72 Å². The quantitative estimate of drug-likeness (QED) is 0.505. The molecule has 0 aromatic heterocycles. The molecule has 3 rings (SSSR count). The topological polar surface area (TPSA) is 84.5 Å². The molecule has 0 heterocycles. The zero-order valence-electron chi connectivity index (χ0n) is 18.1. The summed E-state index contributed by atoms with van der Waals surface area (Å²) in [6.45, 7) is 3.57. The SMILES string of the molecule is COc1ccc(C)cc1S(=O)(=O)N[C@@H](Cc1ccccc1)C(=O)Nc1cccc(Cl)c1C. The van der Waals surface area contributed by atoms with Gasteiger partial charge in [0.25, 0.3) is 0 Å². The van der Waals surface area contributed by atoms with Crippen LogP contribution in [-0.2, 0) is 21.2 Å². The van der Waals surface area contributed by atoms with E-state index in [4.69, 9.17) is 16.3 Å². The molecule has 168 valence electrons. The fraction of sp³-hybridized carbons (Fsp3) is 0.208. The first-order valence-corrected chi connectivity index (χ1v) is 11.8. The summed E-state index contributed by atoms with van der Waals surface area (Å²) in [4.78, 5) is 13.2. The number of rotatable bonds is 8. The molecule has 0 radical (unpaired) electrons. The molecule has 0 spiro atoms. The monoisotopic (exact) mass is 472 g/mol. The molecule has 0 aliphatic carbocycles. The predicted octanol–water partition coefficient (Wildman–Crippen LogP) is 4.49. The zero-order valence-corrected chi connectivity index (χ0v) is 19.6. The van der Waals surface area contributed by atoms with Gasteiger partial charge in [0.15, 0.2) is 0 Å². The lowest BCUT2D eigenvalue weighted by atomic mass is 10.1. The first-order chi connectivity index (χ1) is 15.2. The molecular formula is C24H25ClN2O4S. The van der Waals surface area contributed by atoms with Gasteiger partial charge in [-0.15, -0.1) is 0 Å². The number of hydrogen-bond donors (Lipinski definition) is 2. The number of carbonyl (C=O) groups excluding carboxylic acids is 1. The van der Waals surface area contributed by atoms with Crippen LogP contribution in [0.4, 0.5) is 5.69 Å². The number of anilines is 1. The maximum absolute atomic E-state index is 13.3. The molecule has 1 amide bonds. The molecule has 3 aromatic rings. The molecule has 32 heavy (non-hydrogen) atoms. The van der Waals surface area contributed by atoms with E-state index in [-0.39, 0.29) is 17.1 Å². The molecule has 0 saturated carbocycles.